The molecule has 1 aromatic rings. The van der Waals surface area contributed by atoms with Crippen molar-refractivity contribution in [2.24, 2.45) is 11.1 Å². The molecule has 1 fully saturated rings. The van der Waals surface area contributed by atoms with E-state index < -0.39 is 24.1 Å². The number of likely N-dealkylation sites (tertiary alicyclic amines) is 1. The lowest BCUT2D eigenvalue weighted by Crippen LogP contribution is -2.44. The quantitative estimate of drug-likeness (QED) is 0.833. The summed E-state index contributed by atoms with van der Waals surface area (Å²) in [5, 5.41) is 0.626. The number of ether oxygens (including phenoxy) is 1. The standard InChI is InChI=1S/C20H26ClN3O4/c1-20(2,3)8-17(25)24-10-13(7-16(24)18(22)26)28-19(27)23-9-12-5-4-6-15(21)14(12)11-23/h4-6,13,16H,7-11H2,1-3H3,(H2,22,26)/t13-,16+/m1/s1. The average molecular weight is 408 g/mol. The Kier molecular flexibility index (Phi) is 5.57. The van der Waals surface area contributed by atoms with Crippen molar-refractivity contribution in [1.29, 1.82) is 0 Å². The monoisotopic (exact) mass is 407 g/mol. The molecule has 3 rings (SSSR count). The van der Waals surface area contributed by atoms with E-state index in [9.17, 15) is 14.4 Å². The minimum atomic E-state index is -0.752. The van der Waals surface area contributed by atoms with E-state index in [1.807, 2.05) is 32.9 Å². The van der Waals surface area contributed by atoms with Crippen LogP contribution in [0.2, 0.25) is 5.02 Å². The number of nitrogens with two attached hydrogens (primary N) is 1. The molecule has 2 heterocycles. The molecule has 0 spiro atoms. The second-order valence-electron chi connectivity index (χ2n) is 8.68. The number of fused-ring (bicyclic) bond motifs is 1. The highest BCUT2D eigenvalue weighted by molar-refractivity contribution is 6.31. The number of nitrogens with zero attached hydrogens (tertiary/aromatic N) is 2. The van der Waals surface area contributed by atoms with Gasteiger partial charge in [-0.05, 0) is 22.6 Å². The Labute approximate surface area is 169 Å². The minimum Gasteiger partial charge on any atom is -0.444 e. The van der Waals surface area contributed by atoms with Gasteiger partial charge in [0.1, 0.15) is 12.1 Å². The first-order valence-electron chi connectivity index (χ1n) is 9.36. The third-order valence-corrected chi connectivity index (χ3v) is 5.40. The van der Waals surface area contributed by atoms with E-state index in [0.717, 1.165) is 11.1 Å². The van der Waals surface area contributed by atoms with Crippen LogP contribution in [0, 0.1) is 5.41 Å². The third kappa shape index (κ3) is 4.41. The first-order valence-corrected chi connectivity index (χ1v) is 9.73. The molecule has 0 aliphatic carbocycles. The molecule has 0 aromatic heterocycles. The number of benzene rings is 1. The zero-order chi connectivity index (χ0) is 20.6. The van der Waals surface area contributed by atoms with Gasteiger partial charge in [-0.15, -0.1) is 0 Å². The summed E-state index contributed by atoms with van der Waals surface area (Å²) in [6.45, 7) is 6.84. The molecule has 1 saturated heterocycles. The maximum absolute atomic E-state index is 12.6. The topological polar surface area (TPSA) is 92.9 Å². The summed E-state index contributed by atoms with van der Waals surface area (Å²) >= 11 is 6.20. The molecule has 0 radical (unpaired) electrons. The number of carbonyl (C=O) groups excluding carboxylic acids is 3. The fourth-order valence-corrected chi connectivity index (χ4v) is 3.96. The van der Waals surface area contributed by atoms with Gasteiger partial charge in [0.2, 0.25) is 11.8 Å². The molecule has 0 bridgehead atoms. The van der Waals surface area contributed by atoms with Crippen LogP contribution >= 0.6 is 11.6 Å². The number of amides is 3. The Morgan fingerprint density at radius 1 is 1.25 bits per heavy atom. The summed E-state index contributed by atoms with van der Waals surface area (Å²) in [6, 6.07) is 4.82. The summed E-state index contributed by atoms with van der Waals surface area (Å²) in [7, 11) is 0. The molecule has 8 heteroatoms. The van der Waals surface area contributed by atoms with Crippen LogP contribution in [-0.4, -0.2) is 46.4 Å². The van der Waals surface area contributed by atoms with E-state index in [-0.39, 0.29) is 30.7 Å². The Hall–Kier alpha value is -2.28. The van der Waals surface area contributed by atoms with Crippen molar-refractivity contribution in [1.82, 2.24) is 9.80 Å². The molecule has 152 valence electrons. The Morgan fingerprint density at radius 3 is 2.57 bits per heavy atom. The second-order valence-corrected chi connectivity index (χ2v) is 9.08. The number of hydrogen-bond donors (Lipinski definition) is 1. The summed E-state index contributed by atoms with van der Waals surface area (Å²) in [4.78, 5) is 40.0. The fourth-order valence-electron chi connectivity index (χ4n) is 3.71. The number of halogens is 1. The van der Waals surface area contributed by atoms with E-state index in [1.54, 1.807) is 11.0 Å². The van der Waals surface area contributed by atoms with Gasteiger partial charge in [0.15, 0.2) is 0 Å². The van der Waals surface area contributed by atoms with Crippen molar-refractivity contribution < 1.29 is 19.1 Å². The van der Waals surface area contributed by atoms with Crippen molar-refractivity contribution in [3.63, 3.8) is 0 Å². The van der Waals surface area contributed by atoms with Crippen LogP contribution in [-0.2, 0) is 27.4 Å². The van der Waals surface area contributed by atoms with Gasteiger partial charge >= 0.3 is 6.09 Å². The lowest BCUT2D eigenvalue weighted by molar-refractivity contribution is -0.138. The van der Waals surface area contributed by atoms with Crippen molar-refractivity contribution in [3.05, 3.63) is 34.3 Å². The lowest BCUT2D eigenvalue weighted by atomic mass is 9.91. The number of hydrogen-bond acceptors (Lipinski definition) is 4. The molecule has 2 aliphatic rings. The van der Waals surface area contributed by atoms with Crippen LogP contribution in [0.3, 0.4) is 0 Å². The maximum Gasteiger partial charge on any atom is 0.410 e. The van der Waals surface area contributed by atoms with E-state index >= 15 is 0 Å². The number of carbonyl (C=O) groups is 3. The van der Waals surface area contributed by atoms with Gasteiger partial charge < -0.3 is 15.4 Å². The summed E-state index contributed by atoms with van der Waals surface area (Å²) in [5.41, 5.74) is 7.18. The number of primary amides is 1. The van der Waals surface area contributed by atoms with Crippen molar-refractivity contribution >= 4 is 29.5 Å². The smallest absolute Gasteiger partial charge is 0.410 e. The molecule has 0 unspecified atom stereocenters. The predicted octanol–water partition coefficient (Wildman–Crippen LogP) is 2.68. The van der Waals surface area contributed by atoms with Crippen LogP contribution in [0.4, 0.5) is 4.79 Å². The molecule has 2 atom stereocenters. The molecule has 2 N–H and O–H groups in total. The molecular formula is C20H26ClN3O4. The number of rotatable bonds is 3. The zero-order valence-corrected chi connectivity index (χ0v) is 17.2. The summed E-state index contributed by atoms with van der Waals surface area (Å²) < 4.78 is 5.60. The fraction of sp³-hybridized carbons (Fsp3) is 0.550. The van der Waals surface area contributed by atoms with Crippen LogP contribution in [0.25, 0.3) is 0 Å². The molecular weight excluding hydrogens is 382 g/mol. The van der Waals surface area contributed by atoms with Crippen molar-refractivity contribution in [2.45, 2.75) is 58.8 Å². The highest BCUT2D eigenvalue weighted by atomic mass is 35.5. The summed E-state index contributed by atoms with van der Waals surface area (Å²) in [5.74, 6) is -0.739. The minimum absolute atomic E-state index is 0.157. The van der Waals surface area contributed by atoms with E-state index in [1.165, 1.54) is 4.90 Å². The van der Waals surface area contributed by atoms with Gasteiger partial charge in [-0.2, -0.15) is 0 Å². The van der Waals surface area contributed by atoms with Crippen LogP contribution < -0.4 is 5.73 Å². The lowest BCUT2D eigenvalue weighted by Gasteiger charge is -2.26. The first kappa shape index (κ1) is 20.5. The maximum atomic E-state index is 12.6. The van der Waals surface area contributed by atoms with Gasteiger partial charge in [-0.25, -0.2) is 4.79 Å². The molecule has 3 amide bonds. The molecule has 28 heavy (non-hydrogen) atoms. The zero-order valence-electron chi connectivity index (χ0n) is 16.4. The average Bonchev–Trinajstić information content (AvgIpc) is 3.18. The normalized spacial score (nSPS) is 21.6. The van der Waals surface area contributed by atoms with Gasteiger partial charge in [-0.3, -0.25) is 14.5 Å². The molecule has 2 aliphatic heterocycles. The Balaban J connectivity index is 1.63. The SMILES string of the molecule is CC(C)(C)CC(=O)N1C[C@H](OC(=O)N2Cc3cccc(Cl)c3C2)C[C@H]1C(N)=O. The first-order chi connectivity index (χ1) is 13.0. The highest BCUT2D eigenvalue weighted by Crippen LogP contribution is 2.31. The second kappa shape index (κ2) is 7.62. The largest absolute Gasteiger partial charge is 0.444 e. The van der Waals surface area contributed by atoms with Crippen LogP contribution in [0.15, 0.2) is 18.2 Å². The Bertz CT molecular complexity index is 805. The van der Waals surface area contributed by atoms with Crippen molar-refractivity contribution in [2.75, 3.05) is 6.54 Å². The van der Waals surface area contributed by atoms with E-state index in [2.05, 4.69) is 0 Å². The van der Waals surface area contributed by atoms with Gasteiger partial charge in [0.25, 0.3) is 0 Å². The molecule has 7 nitrogen and oxygen atoms in total. The van der Waals surface area contributed by atoms with Crippen LogP contribution in [0.1, 0.15) is 44.7 Å². The van der Waals surface area contributed by atoms with Gasteiger partial charge in [-0.1, -0.05) is 44.5 Å². The Morgan fingerprint density at radius 2 is 1.96 bits per heavy atom. The third-order valence-electron chi connectivity index (χ3n) is 5.04. The van der Waals surface area contributed by atoms with Gasteiger partial charge in [0.05, 0.1) is 13.1 Å². The predicted molar refractivity (Wildman–Crippen MR) is 104 cm³/mol. The van der Waals surface area contributed by atoms with Gasteiger partial charge in [0, 0.05) is 24.4 Å². The highest BCUT2D eigenvalue weighted by Gasteiger charge is 2.41. The van der Waals surface area contributed by atoms with Crippen LogP contribution in [0.5, 0.6) is 0 Å². The molecule has 1 aromatic carbocycles. The van der Waals surface area contributed by atoms with Crippen molar-refractivity contribution in [3.8, 4) is 0 Å². The van der Waals surface area contributed by atoms with E-state index in [4.69, 9.17) is 22.1 Å². The molecule has 0 saturated carbocycles. The summed E-state index contributed by atoms with van der Waals surface area (Å²) in [6.07, 6.45) is -0.533. The van der Waals surface area contributed by atoms with E-state index in [0.29, 0.717) is 18.1 Å².